The summed E-state index contributed by atoms with van der Waals surface area (Å²) in [6.45, 7) is 3.32. The number of halogens is 1. The third-order valence-corrected chi connectivity index (χ3v) is 4.26. The minimum atomic E-state index is -0.476. The summed E-state index contributed by atoms with van der Waals surface area (Å²) in [6.07, 6.45) is 7.13. The van der Waals surface area contributed by atoms with E-state index in [1.807, 2.05) is 0 Å². The summed E-state index contributed by atoms with van der Waals surface area (Å²) >= 11 is 0. The highest BCUT2D eigenvalue weighted by Gasteiger charge is 2.43. The molecule has 0 saturated heterocycles. The molecule has 1 saturated carbocycles. The Bertz CT molecular complexity index is 651. The number of aliphatic hydroxyl groups is 1. The van der Waals surface area contributed by atoms with Crippen LogP contribution in [0.4, 0.5) is 4.39 Å². The maximum atomic E-state index is 13.7. The predicted molar refractivity (Wildman–Crippen MR) is 95.7 cm³/mol. The molecule has 2 rings (SSSR count). The van der Waals surface area contributed by atoms with Crippen LogP contribution >= 0.6 is 0 Å². The van der Waals surface area contributed by atoms with Crippen LogP contribution in [0.3, 0.4) is 0 Å². The first-order chi connectivity index (χ1) is 12.1. The van der Waals surface area contributed by atoms with Crippen molar-refractivity contribution < 1.29 is 19.0 Å². The van der Waals surface area contributed by atoms with Gasteiger partial charge in [0.15, 0.2) is 0 Å². The van der Waals surface area contributed by atoms with Crippen LogP contribution in [0.15, 0.2) is 61.0 Å². The minimum absolute atomic E-state index is 0.0172. The molecule has 0 radical (unpaired) electrons. The first-order valence-electron chi connectivity index (χ1n) is 8.28. The molecular formula is C20H24FNO3. The summed E-state index contributed by atoms with van der Waals surface area (Å²) in [4.78, 5) is 12.3. The Morgan fingerprint density at radius 2 is 2.16 bits per heavy atom. The van der Waals surface area contributed by atoms with E-state index in [9.17, 15) is 14.3 Å². The van der Waals surface area contributed by atoms with Crippen molar-refractivity contribution in [1.82, 2.24) is 5.32 Å². The molecule has 1 fully saturated rings. The monoisotopic (exact) mass is 345 g/mol. The zero-order chi connectivity index (χ0) is 18.2. The Kier molecular flexibility index (Phi) is 6.95. The maximum Gasteiger partial charge on any atom is 0.223 e. The fraction of sp³-hybridized carbons (Fsp3) is 0.350. The molecule has 3 atom stereocenters. The van der Waals surface area contributed by atoms with Crippen LogP contribution in [-0.2, 0) is 4.79 Å². The normalized spacial score (nSPS) is 21.0. The van der Waals surface area contributed by atoms with Crippen molar-refractivity contribution in [2.45, 2.75) is 18.9 Å². The fourth-order valence-corrected chi connectivity index (χ4v) is 2.70. The molecule has 1 aliphatic rings. The highest BCUT2D eigenvalue weighted by Crippen LogP contribution is 2.43. The summed E-state index contributed by atoms with van der Waals surface area (Å²) in [5, 5.41) is 12.4. The fourth-order valence-electron chi connectivity index (χ4n) is 2.70. The van der Waals surface area contributed by atoms with E-state index in [2.05, 4.69) is 11.9 Å². The van der Waals surface area contributed by atoms with E-state index in [0.29, 0.717) is 12.2 Å². The second-order valence-electron chi connectivity index (χ2n) is 6.06. The maximum absolute atomic E-state index is 13.7. The standard InChI is InChI=1S/C20H24FNO3/c1-3-4-5-6-16(21)11-15-12-18(15)20(24)22-19(13-23)14-7-9-17(25-2)10-8-14/h3-10,15,18-19,23H,1,11-13H2,2H3,(H,22,24)/b5-4-,16-6+/t15-,18-,19-/m0/s1. The third kappa shape index (κ3) is 5.57. The van der Waals surface area contributed by atoms with E-state index in [-0.39, 0.29) is 36.6 Å². The molecular weight excluding hydrogens is 321 g/mol. The van der Waals surface area contributed by atoms with Gasteiger partial charge < -0.3 is 15.2 Å². The topological polar surface area (TPSA) is 58.6 Å². The molecule has 0 aliphatic heterocycles. The SMILES string of the molecule is C=C/C=C\C=C(\F)C[C@H]1C[C@@H]1C(=O)N[C@@H](CO)c1ccc(OC)cc1. The zero-order valence-electron chi connectivity index (χ0n) is 14.3. The Hall–Kier alpha value is -2.40. The van der Waals surface area contributed by atoms with Crippen LogP contribution in [-0.4, -0.2) is 24.7 Å². The Morgan fingerprint density at radius 1 is 1.44 bits per heavy atom. The summed E-state index contributed by atoms with van der Waals surface area (Å²) in [7, 11) is 1.58. The van der Waals surface area contributed by atoms with Crippen molar-refractivity contribution in [3.8, 4) is 5.75 Å². The molecule has 1 aromatic carbocycles. The summed E-state index contributed by atoms with van der Waals surface area (Å²) in [5.41, 5.74) is 0.800. The average molecular weight is 345 g/mol. The number of allylic oxidation sites excluding steroid dienone is 5. The number of benzene rings is 1. The van der Waals surface area contributed by atoms with Gasteiger partial charge in [-0.2, -0.15) is 0 Å². The summed E-state index contributed by atoms with van der Waals surface area (Å²) < 4.78 is 18.8. The molecule has 2 N–H and O–H groups in total. The highest BCUT2D eigenvalue weighted by atomic mass is 19.1. The van der Waals surface area contributed by atoms with Crippen molar-refractivity contribution in [2.75, 3.05) is 13.7 Å². The second kappa shape index (κ2) is 9.18. The largest absolute Gasteiger partial charge is 0.497 e. The number of hydrogen-bond donors (Lipinski definition) is 2. The lowest BCUT2D eigenvalue weighted by atomic mass is 10.1. The van der Waals surface area contributed by atoms with E-state index >= 15 is 0 Å². The predicted octanol–water partition coefficient (Wildman–Crippen LogP) is 3.47. The molecule has 25 heavy (non-hydrogen) atoms. The molecule has 134 valence electrons. The molecule has 0 aromatic heterocycles. The van der Waals surface area contributed by atoms with Crippen LogP contribution < -0.4 is 10.1 Å². The molecule has 4 nitrogen and oxygen atoms in total. The number of amides is 1. The van der Waals surface area contributed by atoms with Crippen LogP contribution in [0.25, 0.3) is 0 Å². The van der Waals surface area contributed by atoms with Crippen LogP contribution in [0.1, 0.15) is 24.4 Å². The number of carbonyl (C=O) groups excluding carboxylic acids is 1. The van der Waals surface area contributed by atoms with Crippen molar-refractivity contribution >= 4 is 5.91 Å². The molecule has 0 bridgehead atoms. The molecule has 1 amide bonds. The summed E-state index contributed by atoms with van der Waals surface area (Å²) in [6, 6.07) is 6.69. The van der Waals surface area contributed by atoms with Gasteiger partial charge in [0.2, 0.25) is 5.91 Å². The minimum Gasteiger partial charge on any atom is -0.497 e. The number of aliphatic hydroxyl groups excluding tert-OH is 1. The van der Waals surface area contributed by atoms with Gasteiger partial charge in [-0.3, -0.25) is 4.79 Å². The number of nitrogens with one attached hydrogen (secondary N) is 1. The number of methoxy groups -OCH3 is 1. The molecule has 0 spiro atoms. The number of rotatable bonds is 9. The van der Waals surface area contributed by atoms with Gasteiger partial charge in [0, 0.05) is 12.3 Å². The van der Waals surface area contributed by atoms with E-state index in [0.717, 1.165) is 5.56 Å². The molecule has 5 heteroatoms. The van der Waals surface area contributed by atoms with Crippen molar-refractivity contribution in [3.63, 3.8) is 0 Å². The Balaban J connectivity index is 1.87. The van der Waals surface area contributed by atoms with Crippen molar-refractivity contribution in [1.29, 1.82) is 0 Å². The number of hydrogen-bond acceptors (Lipinski definition) is 3. The first kappa shape index (κ1) is 18.9. The van der Waals surface area contributed by atoms with E-state index in [1.54, 1.807) is 49.6 Å². The number of carbonyl (C=O) groups is 1. The van der Waals surface area contributed by atoms with Crippen LogP contribution in [0.5, 0.6) is 5.75 Å². The van der Waals surface area contributed by atoms with Gasteiger partial charge in [-0.1, -0.05) is 36.9 Å². The summed E-state index contributed by atoms with van der Waals surface area (Å²) in [5.74, 6) is 0.141. The van der Waals surface area contributed by atoms with Gasteiger partial charge in [-0.25, -0.2) is 4.39 Å². The van der Waals surface area contributed by atoms with Gasteiger partial charge in [0.25, 0.3) is 0 Å². The second-order valence-corrected chi connectivity index (χ2v) is 6.06. The molecule has 0 unspecified atom stereocenters. The Labute approximate surface area is 147 Å². The van der Waals surface area contributed by atoms with Crippen molar-refractivity contribution in [2.24, 2.45) is 11.8 Å². The highest BCUT2D eigenvalue weighted by molar-refractivity contribution is 5.82. The molecule has 1 aliphatic carbocycles. The average Bonchev–Trinajstić information content (AvgIpc) is 3.39. The lowest BCUT2D eigenvalue weighted by molar-refractivity contribution is -0.123. The quantitative estimate of drug-likeness (QED) is 0.674. The number of ether oxygens (including phenoxy) is 1. The van der Waals surface area contributed by atoms with Gasteiger partial charge >= 0.3 is 0 Å². The van der Waals surface area contributed by atoms with Crippen LogP contribution in [0, 0.1) is 11.8 Å². The molecule has 0 heterocycles. The van der Waals surface area contributed by atoms with E-state index in [1.165, 1.54) is 6.08 Å². The van der Waals surface area contributed by atoms with Gasteiger partial charge in [-0.15, -0.1) is 0 Å². The zero-order valence-corrected chi connectivity index (χ0v) is 14.3. The van der Waals surface area contributed by atoms with Crippen LogP contribution in [0.2, 0.25) is 0 Å². The van der Waals surface area contributed by atoms with Gasteiger partial charge in [0.05, 0.1) is 19.8 Å². The molecule has 1 aromatic rings. The van der Waals surface area contributed by atoms with E-state index in [4.69, 9.17) is 4.74 Å². The Morgan fingerprint density at radius 3 is 2.76 bits per heavy atom. The smallest absolute Gasteiger partial charge is 0.223 e. The first-order valence-corrected chi connectivity index (χ1v) is 8.28. The van der Waals surface area contributed by atoms with Crippen molar-refractivity contribution in [3.05, 3.63) is 66.5 Å². The lowest BCUT2D eigenvalue weighted by Gasteiger charge is -2.17. The van der Waals surface area contributed by atoms with Gasteiger partial charge in [-0.05, 0) is 36.1 Å². The van der Waals surface area contributed by atoms with Gasteiger partial charge in [0.1, 0.15) is 11.6 Å². The van der Waals surface area contributed by atoms with E-state index < -0.39 is 6.04 Å². The third-order valence-electron chi connectivity index (χ3n) is 4.26. The lowest BCUT2D eigenvalue weighted by Crippen LogP contribution is -2.32.